The van der Waals surface area contributed by atoms with Crippen LogP contribution in [0.4, 0.5) is 0 Å². The van der Waals surface area contributed by atoms with Crippen LogP contribution in [0.5, 0.6) is 0 Å². The number of nitrogens with one attached hydrogen (secondary N) is 2. The molecule has 0 saturated heterocycles. The highest BCUT2D eigenvalue weighted by atomic mass is 16.6. The van der Waals surface area contributed by atoms with Crippen molar-refractivity contribution < 1.29 is 34.5 Å². The summed E-state index contributed by atoms with van der Waals surface area (Å²) in [6.07, 6.45) is 14.0. The number of hydrogen-bond donors (Lipinski definition) is 5. The number of rotatable bonds is 9. The molecule has 5 N–H and O–H groups in total. The van der Waals surface area contributed by atoms with Crippen molar-refractivity contribution in [3.05, 3.63) is 11.6 Å². The molecule has 4 rings (SSSR count). The van der Waals surface area contributed by atoms with E-state index in [-0.39, 0.29) is 23.4 Å². The normalized spacial score (nSPS) is 36.8. The van der Waals surface area contributed by atoms with Crippen LogP contribution in [0.1, 0.15) is 86.0 Å². The third-order valence-corrected chi connectivity index (χ3v) is 11.1. The summed E-state index contributed by atoms with van der Waals surface area (Å²) in [4.78, 5) is 42.0. The van der Waals surface area contributed by atoms with Gasteiger partial charge in [-0.2, -0.15) is 0 Å². The summed E-state index contributed by atoms with van der Waals surface area (Å²) in [7, 11) is 0. The molecular weight excluding hydrogens is 538 g/mol. The van der Waals surface area contributed by atoms with E-state index in [0.717, 1.165) is 50.7 Å². The molecule has 42 heavy (non-hydrogen) atoms. The van der Waals surface area contributed by atoms with Gasteiger partial charge in [0, 0.05) is 5.41 Å². The highest BCUT2D eigenvalue weighted by Crippen LogP contribution is 2.67. The molecule has 10 nitrogen and oxygen atoms in total. The molecule has 0 heterocycles. The molecule has 3 fully saturated rings. The van der Waals surface area contributed by atoms with Gasteiger partial charge < -0.3 is 30.8 Å². The number of fused-ring (bicyclic) bond motifs is 5. The topological polar surface area (TPSA) is 158 Å². The predicted octanol–water partition coefficient (Wildman–Crippen LogP) is 2.78. The summed E-state index contributed by atoms with van der Waals surface area (Å²) in [6, 6.07) is -2.49. The summed E-state index contributed by atoms with van der Waals surface area (Å²) >= 11 is 0. The number of terminal acetylenes is 1. The fourth-order valence-electron chi connectivity index (χ4n) is 8.45. The Morgan fingerprint density at radius 3 is 2.38 bits per heavy atom. The van der Waals surface area contributed by atoms with Gasteiger partial charge in [0.15, 0.2) is 12.6 Å². The van der Waals surface area contributed by atoms with E-state index in [1.165, 1.54) is 12.5 Å². The molecule has 3 saturated carbocycles. The summed E-state index contributed by atoms with van der Waals surface area (Å²) < 4.78 is 0. The zero-order valence-corrected chi connectivity index (χ0v) is 25.5. The average molecular weight is 586 g/mol. The first kappa shape index (κ1) is 32.0. The summed E-state index contributed by atoms with van der Waals surface area (Å²) in [5.41, 5.74) is 0.998. The lowest BCUT2D eigenvalue weighted by Crippen LogP contribution is -2.56. The second-order valence-electron chi connectivity index (χ2n) is 13.7. The zero-order valence-electron chi connectivity index (χ0n) is 25.5. The molecule has 0 aliphatic heterocycles. The van der Waals surface area contributed by atoms with Crippen molar-refractivity contribution in [1.29, 1.82) is 0 Å². The first-order valence-corrected chi connectivity index (χ1v) is 15.3. The molecule has 0 aromatic rings. The Morgan fingerprint density at radius 2 is 1.76 bits per heavy atom. The van der Waals surface area contributed by atoms with Crippen LogP contribution in [-0.2, 0) is 19.2 Å². The summed E-state index contributed by atoms with van der Waals surface area (Å²) in [5.74, 6) is 1.31. The maximum absolute atomic E-state index is 12.7. The molecule has 0 radical (unpaired) electrons. The van der Waals surface area contributed by atoms with Crippen molar-refractivity contribution in [1.82, 2.24) is 10.6 Å². The van der Waals surface area contributed by atoms with Crippen molar-refractivity contribution in [2.24, 2.45) is 39.7 Å². The van der Waals surface area contributed by atoms with Crippen LogP contribution in [-0.4, -0.2) is 69.2 Å². The molecule has 9 atom stereocenters. The van der Waals surface area contributed by atoms with E-state index in [0.29, 0.717) is 24.2 Å². The lowest BCUT2D eigenvalue weighted by Gasteiger charge is -2.58. The van der Waals surface area contributed by atoms with Gasteiger partial charge in [-0.1, -0.05) is 44.3 Å². The molecule has 4 aliphatic rings. The van der Waals surface area contributed by atoms with E-state index in [4.69, 9.17) is 11.3 Å². The van der Waals surface area contributed by atoms with Crippen LogP contribution in [0.15, 0.2) is 16.8 Å². The summed E-state index contributed by atoms with van der Waals surface area (Å²) in [6.45, 7) is 8.89. The van der Waals surface area contributed by atoms with Gasteiger partial charge in [0.2, 0.25) is 5.91 Å². The van der Waals surface area contributed by atoms with Gasteiger partial charge in [0.05, 0.1) is 11.8 Å². The molecule has 0 aromatic heterocycles. The largest absolute Gasteiger partial charge is 0.480 e. The minimum Gasteiger partial charge on any atom is -0.480 e. The number of carbonyl (C=O) groups is 3. The first-order valence-electron chi connectivity index (χ1n) is 15.3. The van der Waals surface area contributed by atoms with Crippen molar-refractivity contribution in [3.63, 3.8) is 0 Å². The minimum atomic E-state index is -1.49. The molecular formula is C32H47N3O7. The molecule has 4 aliphatic carbocycles. The maximum atomic E-state index is 12.7. The third kappa shape index (κ3) is 5.70. The molecule has 0 unspecified atom stereocenters. The van der Waals surface area contributed by atoms with Crippen molar-refractivity contribution in [2.75, 3.05) is 6.61 Å². The monoisotopic (exact) mass is 585 g/mol. The molecule has 0 aromatic carbocycles. The van der Waals surface area contributed by atoms with Gasteiger partial charge in [-0.05, 0) is 93.5 Å². The molecule has 10 heteroatoms. The number of carboxylic acid groups (broad SMARTS) is 1. The lowest BCUT2D eigenvalue weighted by atomic mass is 9.46. The minimum absolute atomic E-state index is 0.0647. The Balaban J connectivity index is 1.36. The van der Waals surface area contributed by atoms with Crippen LogP contribution in [0.3, 0.4) is 0 Å². The Bertz CT molecular complexity index is 1190. The highest BCUT2D eigenvalue weighted by Gasteiger charge is 2.63. The zero-order chi connectivity index (χ0) is 31.0. The smallest absolute Gasteiger partial charge is 0.328 e. The second-order valence-corrected chi connectivity index (χ2v) is 13.7. The van der Waals surface area contributed by atoms with Gasteiger partial charge in [0.1, 0.15) is 11.6 Å². The van der Waals surface area contributed by atoms with Gasteiger partial charge in [0.25, 0.3) is 5.91 Å². The number of hydrogen-bond acceptors (Lipinski definition) is 7. The quantitative estimate of drug-likeness (QED) is 0.206. The Kier molecular flexibility index (Phi) is 9.15. The average Bonchev–Trinajstić information content (AvgIpc) is 3.20. The third-order valence-electron chi connectivity index (χ3n) is 11.1. The molecule has 0 spiro atoms. The number of nitrogens with zero attached hydrogens (tertiary/aromatic N) is 1. The number of oxime groups is 1. The Hall–Kier alpha value is -2.90. The van der Waals surface area contributed by atoms with Crippen LogP contribution >= 0.6 is 0 Å². The number of aliphatic carboxylic acids is 1. The standard InChI is InChI=1S/C32H47N3O7/c1-7-32(41)15-12-24-22-9-8-20-16-21(10-13-30(20,5)23(22)11-14-31(24,32)6)35-42-17-25(37)33-26(18(2)3)28(38)34-27(19(4)36)29(39)40/h1,16,18-19,22-24,26-27,36,41H,8-15,17H2,2-6H3,(H,33,37)(H,34,38)(H,39,40)/b35-21-/t19-,22+,23+,24+,26-,27-,30-,31-,32+/m0/s1. The second kappa shape index (κ2) is 12.0. The number of aliphatic hydroxyl groups is 2. The van der Waals surface area contributed by atoms with Crippen LogP contribution < -0.4 is 10.6 Å². The van der Waals surface area contributed by atoms with Crippen molar-refractivity contribution >= 4 is 23.5 Å². The number of amides is 2. The van der Waals surface area contributed by atoms with Gasteiger partial charge >= 0.3 is 5.97 Å². The van der Waals surface area contributed by atoms with Crippen molar-refractivity contribution in [2.45, 2.75) is 110 Å². The SMILES string of the molecule is C#C[C@@]1(O)CC[C@@H]2[C@@H]3CCC4=C/C(=N\OCC(=O)N[C@H](C(=O)N[C@H](C(=O)O)[C@H](C)O)C(C)C)CC[C@]4(C)[C@@H]3CC[C@@]21C. The molecule has 0 bridgehead atoms. The van der Waals surface area contributed by atoms with Crippen LogP contribution in [0.2, 0.25) is 0 Å². The number of carbonyl (C=O) groups excluding carboxylic acids is 2. The first-order chi connectivity index (χ1) is 19.7. The highest BCUT2D eigenvalue weighted by molar-refractivity contribution is 5.96. The van der Waals surface area contributed by atoms with Gasteiger partial charge in [-0.3, -0.25) is 9.59 Å². The Morgan fingerprint density at radius 1 is 1.07 bits per heavy atom. The number of carboxylic acids is 1. The maximum Gasteiger partial charge on any atom is 0.328 e. The number of aliphatic hydroxyl groups excluding tert-OH is 1. The lowest BCUT2D eigenvalue weighted by molar-refractivity contribution is -0.145. The fourth-order valence-corrected chi connectivity index (χ4v) is 8.45. The van der Waals surface area contributed by atoms with E-state index < -0.39 is 41.6 Å². The van der Waals surface area contributed by atoms with Crippen LogP contribution in [0.25, 0.3) is 0 Å². The molecule has 232 valence electrons. The predicted molar refractivity (Wildman–Crippen MR) is 157 cm³/mol. The van der Waals surface area contributed by atoms with Crippen molar-refractivity contribution in [3.8, 4) is 12.3 Å². The van der Waals surface area contributed by atoms with Gasteiger partial charge in [-0.25, -0.2) is 4.79 Å². The van der Waals surface area contributed by atoms with Gasteiger partial charge in [-0.15, -0.1) is 6.42 Å². The van der Waals surface area contributed by atoms with E-state index in [1.54, 1.807) is 13.8 Å². The van der Waals surface area contributed by atoms with E-state index in [2.05, 4.69) is 41.6 Å². The van der Waals surface area contributed by atoms with Crippen LogP contribution in [0, 0.1) is 46.8 Å². The van der Waals surface area contributed by atoms with E-state index >= 15 is 0 Å². The summed E-state index contributed by atoms with van der Waals surface area (Å²) in [5, 5.41) is 39.2. The molecule has 2 amide bonds. The fraction of sp³-hybridized carbons (Fsp3) is 0.750. The van der Waals surface area contributed by atoms with E-state index in [1.807, 2.05) is 0 Å². The number of allylic oxidation sites excluding steroid dienone is 2. The van der Waals surface area contributed by atoms with E-state index in [9.17, 15) is 29.7 Å². The Labute approximate surface area is 248 Å².